The van der Waals surface area contributed by atoms with Crippen LogP contribution in [0.1, 0.15) is 25.3 Å². The number of rotatable bonds is 7. The Morgan fingerprint density at radius 3 is 2.77 bits per heavy atom. The molecule has 2 N–H and O–H groups in total. The van der Waals surface area contributed by atoms with Crippen LogP contribution in [0.4, 0.5) is 20.2 Å². The molecule has 160 valence electrons. The van der Waals surface area contributed by atoms with Gasteiger partial charge in [0.1, 0.15) is 22.7 Å². The number of hydrogen-bond donors (Lipinski definition) is 2. The summed E-state index contributed by atoms with van der Waals surface area (Å²) < 4.78 is 29.6. The Labute approximate surface area is 178 Å². The molecular weight excluding hydrogens is 400 g/mol. The molecule has 8 heteroatoms. The number of aryl methyl sites for hydroxylation is 2. The zero-order chi connectivity index (χ0) is 22.0. The highest BCUT2D eigenvalue weighted by Gasteiger charge is 2.13. The van der Waals surface area contributed by atoms with E-state index in [4.69, 9.17) is 0 Å². The van der Waals surface area contributed by atoms with Crippen LogP contribution in [0.15, 0.2) is 48.9 Å². The van der Waals surface area contributed by atoms with Gasteiger partial charge in [-0.1, -0.05) is 6.92 Å². The topological polar surface area (TPSA) is 75.9 Å². The molecule has 4 aromatic rings. The molecule has 6 nitrogen and oxygen atoms in total. The first kappa shape index (κ1) is 20.9. The first-order valence-corrected chi connectivity index (χ1v) is 10.1. The van der Waals surface area contributed by atoms with E-state index in [1.165, 1.54) is 0 Å². The van der Waals surface area contributed by atoms with Crippen LogP contribution in [0.25, 0.3) is 22.3 Å². The van der Waals surface area contributed by atoms with Gasteiger partial charge in [-0.05, 0) is 55.7 Å². The standard InChI is InChI=1S/C23H23F2N5O/c1-3-16(31)7-9-30-13-22-23(29-30)19(6-8-26-22)28-20-11-21(27-12-14(20)2)17-10-15(24)4-5-18(17)25/h4-6,8,10-13,16,31H,3,7,9H2,1-2H3,(H,27,28). The van der Waals surface area contributed by atoms with Gasteiger partial charge in [-0.25, -0.2) is 8.78 Å². The molecule has 31 heavy (non-hydrogen) atoms. The smallest absolute Gasteiger partial charge is 0.134 e. The molecular formula is C23H23F2N5O. The average molecular weight is 423 g/mol. The van der Waals surface area contributed by atoms with Gasteiger partial charge in [-0.2, -0.15) is 5.10 Å². The summed E-state index contributed by atoms with van der Waals surface area (Å²) in [6, 6.07) is 6.80. The number of aliphatic hydroxyl groups excluding tert-OH is 1. The fourth-order valence-electron chi connectivity index (χ4n) is 3.31. The largest absolute Gasteiger partial charge is 0.393 e. The molecule has 0 bridgehead atoms. The van der Waals surface area contributed by atoms with Crippen LogP contribution in [0.2, 0.25) is 0 Å². The summed E-state index contributed by atoms with van der Waals surface area (Å²) in [5.74, 6) is -1.06. The number of halogens is 2. The molecule has 0 spiro atoms. The number of nitrogens with zero attached hydrogens (tertiary/aromatic N) is 4. The second kappa shape index (κ2) is 8.77. The van der Waals surface area contributed by atoms with Crippen LogP contribution in [-0.4, -0.2) is 31.0 Å². The van der Waals surface area contributed by atoms with Gasteiger partial charge in [0.05, 0.1) is 23.7 Å². The number of nitrogens with one attached hydrogen (secondary N) is 1. The van der Waals surface area contributed by atoms with Crippen molar-refractivity contribution in [2.75, 3.05) is 5.32 Å². The summed E-state index contributed by atoms with van der Waals surface area (Å²) in [5, 5.41) is 17.7. The molecule has 1 unspecified atom stereocenters. The molecule has 0 aliphatic rings. The van der Waals surface area contributed by atoms with E-state index in [1.54, 1.807) is 23.1 Å². The summed E-state index contributed by atoms with van der Waals surface area (Å²) in [6.07, 6.45) is 6.09. The molecule has 1 atom stereocenters. The van der Waals surface area contributed by atoms with E-state index in [9.17, 15) is 13.9 Å². The Morgan fingerprint density at radius 1 is 1.13 bits per heavy atom. The maximum atomic E-state index is 14.2. The van der Waals surface area contributed by atoms with Crippen LogP contribution in [0, 0.1) is 18.6 Å². The number of benzene rings is 1. The normalized spacial score (nSPS) is 12.3. The minimum atomic E-state index is -0.539. The summed E-state index contributed by atoms with van der Waals surface area (Å²) in [5.41, 5.74) is 4.12. The lowest BCUT2D eigenvalue weighted by molar-refractivity contribution is 0.153. The van der Waals surface area contributed by atoms with Gasteiger partial charge in [0.15, 0.2) is 0 Å². The Kier molecular flexibility index (Phi) is 5.90. The number of pyridine rings is 2. The molecule has 0 saturated heterocycles. The van der Waals surface area contributed by atoms with E-state index in [-0.39, 0.29) is 11.7 Å². The molecule has 1 aromatic carbocycles. The van der Waals surface area contributed by atoms with Crippen molar-refractivity contribution < 1.29 is 13.9 Å². The van der Waals surface area contributed by atoms with Crippen LogP contribution < -0.4 is 5.32 Å². The quantitative estimate of drug-likeness (QED) is 0.438. The van der Waals surface area contributed by atoms with Gasteiger partial charge in [0.25, 0.3) is 0 Å². The van der Waals surface area contributed by atoms with Crippen molar-refractivity contribution in [1.29, 1.82) is 0 Å². The molecule has 0 saturated carbocycles. The number of aromatic nitrogens is 4. The first-order valence-electron chi connectivity index (χ1n) is 10.1. The van der Waals surface area contributed by atoms with Crippen molar-refractivity contribution in [2.45, 2.75) is 39.3 Å². The highest BCUT2D eigenvalue weighted by Crippen LogP contribution is 2.30. The van der Waals surface area contributed by atoms with Crippen molar-refractivity contribution in [1.82, 2.24) is 19.7 Å². The van der Waals surface area contributed by atoms with E-state index in [0.717, 1.165) is 35.0 Å². The Hall–Kier alpha value is -3.39. The fourth-order valence-corrected chi connectivity index (χ4v) is 3.31. The lowest BCUT2D eigenvalue weighted by atomic mass is 10.1. The highest BCUT2D eigenvalue weighted by atomic mass is 19.1. The Bertz CT molecular complexity index is 1220. The maximum absolute atomic E-state index is 14.2. The molecule has 0 radical (unpaired) electrons. The first-order chi connectivity index (χ1) is 14.9. The monoisotopic (exact) mass is 423 g/mol. The number of fused-ring (bicyclic) bond motifs is 1. The third kappa shape index (κ3) is 4.54. The highest BCUT2D eigenvalue weighted by molar-refractivity contribution is 5.89. The molecule has 0 aliphatic heterocycles. The average Bonchev–Trinajstić information content (AvgIpc) is 3.19. The van der Waals surface area contributed by atoms with Crippen molar-refractivity contribution in [3.8, 4) is 11.3 Å². The van der Waals surface area contributed by atoms with Crippen LogP contribution in [0.5, 0.6) is 0 Å². The SMILES string of the molecule is CCC(O)CCn1cc2nccc(Nc3cc(-c4cc(F)ccc4F)ncc3C)c2n1. The van der Waals surface area contributed by atoms with Gasteiger partial charge in [-0.15, -0.1) is 0 Å². The van der Waals surface area contributed by atoms with Gasteiger partial charge in [0.2, 0.25) is 0 Å². The third-order valence-corrected chi connectivity index (χ3v) is 5.19. The number of anilines is 2. The van der Waals surface area contributed by atoms with Gasteiger partial charge in [0, 0.05) is 30.2 Å². The molecule has 0 amide bonds. The second-order valence-corrected chi connectivity index (χ2v) is 7.47. The lowest BCUT2D eigenvalue weighted by Crippen LogP contribution is -2.10. The zero-order valence-corrected chi connectivity index (χ0v) is 17.3. The van der Waals surface area contributed by atoms with Gasteiger partial charge in [-0.3, -0.25) is 14.6 Å². The van der Waals surface area contributed by atoms with E-state index >= 15 is 0 Å². The van der Waals surface area contributed by atoms with Crippen molar-refractivity contribution in [3.05, 3.63) is 66.1 Å². The maximum Gasteiger partial charge on any atom is 0.134 e. The number of hydrogen-bond acceptors (Lipinski definition) is 5. The second-order valence-electron chi connectivity index (χ2n) is 7.47. The zero-order valence-electron chi connectivity index (χ0n) is 17.3. The van der Waals surface area contributed by atoms with Crippen LogP contribution in [0.3, 0.4) is 0 Å². The minimum Gasteiger partial charge on any atom is -0.393 e. The van der Waals surface area contributed by atoms with Crippen molar-refractivity contribution >= 4 is 22.4 Å². The van der Waals surface area contributed by atoms with Crippen LogP contribution in [-0.2, 0) is 6.54 Å². The Balaban J connectivity index is 1.66. The van der Waals surface area contributed by atoms with Gasteiger partial charge < -0.3 is 10.4 Å². The third-order valence-electron chi connectivity index (χ3n) is 5.19. The summed E-state index contributed by atoms with van der Waals surface area (Å²) in [7, 11) is 0. The van der Waals surface area contributed by atoms with E-state index in [1.807, 2.05) is 26.1 Å². The fraction of sp³-hybridized carbons (Fsp3) is 0.261. The summed E-state index contributed by atoms with van der Waals surface area (Å²) in [6.45, 7) is 4.40. The molecule has 0 fully saturated rings. The van der Waals surface area contributed by atoms with E-state index in [2.05, 4.69) is 20.4 Å². The van der Waals surface area contributed by atoms with Crippen LogP contribution >= 0.6 is 0 Å². The summed E-state index contributed by atoms with van der Waals surface area (Å²) in [4.78, 5) is 8.64. The summed E-state index contributed by atoms with van der Waals surface area (Å²) >= 11 is 0. The predicted octanol–water partition coefficient (Wildman–Crippen LogP) is 4.98. The molecule has 3 aromatic heterocycles. The predicted molar refractivity (Wildman–Crippen MR) is 116 cm³/mol. The Morgan fingerprint density at radius 2 is 1.97 bits per heavy atom. The number of aliphatic hydroxyl groups is 1. The molecule has 4 rings (SSSR count). The van der Waals surface area contributed by atoms with E-state index < -0.39 is 11.6 Å². The van der Waals surface area contributed by atoms with E-state index in [0.29, 0.717) is 36.3 Å². The molecule has 0 aliphatic carbocycles. The molecule has 3 heterocycles. The lowest BCUT2D eigenvalue weighted by Gasteiger charge is -2.12. The minimum absolute atomic E-state index is 0.0988. The van der Waals surface area contributed by atoms with Crippen molar-refractivity contribution in [3.63, 3.8) is 0 Å². The van der Waals surface area contributed by atoms with Crippen molar-refractivity contribution in [2.24, 2.45) is 0 Å². The van der Waals surface area contributed by atoms with Gasteiger partial charge >= 0.3 is 0 Å².